The Labute approximate surface area is 141 Å². The van der Waals surface area contributed by atoms with Crippen LogP contribution in [0.4, 0.5) is 18.9 Å². The summed E-state index contributed by atoms with van der Waals surface area (Å²) in [6.45, 7) is 4.00. The van der Waals surface area contributed by atoms with E-state index >= 15 is 0 Å². The van der Waals surface area contributed by atoms with Gasteiger partial charge < -0.3 is 5.32 Å². The van der Waals surface area contributed by atoms with Gasteiger partial charge in [-0.1, -0.05) is 13.8 Å². The lowest BCUT2D eigenvalue weighted by molar-refractivity contribution is 0.102. The van der Waals surface area contributed by atoms with Gasteiger partial charge >= 0.3 is 0 Å². The third-order valence-electron chi connectivity index (χ3n) is 2.64. The molecule has 0 bridgehead atoms. The topological polar surface area (TPSA) is 63.2 Å². The molecule has 0 fully saturated rings. The van der Waals surface area contributed by atoms with Crippen LogP contribution in [0, 0.1) is 17.5 Å². The van der Waals surface area contributed by atoms with Crippen LogP contribution in [-0.2, 0) is 9.05 Å². The number of anilines is 1. The van der Waals surface area contributed by atoms with E-state index < -0.39 is 42.9 Å². The summed E-state index contributed by atoms with van der Waals surface area (Å²) in [6, 6.07) is 4.94. The number of halogens is 4. The molecule has 0 aliphatic carbocycles. The average Bonchev–Trinajstić information content (AvgIpc) is 2.52. The predicted molar refractivity (Wildman–Crippen MR) is 85.1 cm³/mol. The zero-order valence-corrected chi connectivity index (χ0v) is 14.2. The Bertz CT molecular complexity index is 857. The van der Waals surface area contributed by atoms with Crippen LogP contribution in [0.2, 0.25) is 0 Å². The molecule has 9 heteroatoms. The highest BCUT2D eigenvalue weighted by Crippen LogP contribution is 2.20. The van der Waals surface area contributed by atoms with Crippen molar-refractivity contribution in [3.8, 4) is 0 Å². The minimum atomic E-state index is -4.14. The standard InChI is InChI=1S/C13H7ClF3NO3S.C2H6/c14-22(20,21)8-2-4-10(15)9(6-8)13(19)18-7-1-3-11(16)12(17)5-7;1-2/h1-6H,(H,18,19);1-2H3. The fraction of sp³-hybridized carbons (Fsp3) is 0.133. The maximum Gasteiger partial charge on any atom is 0.261 e. The van der Waals surface area contributed by atoms with Gasteiger partial charge in [0.15, 0.2) is 11.6 Å². The number of amides is 1. The van der Waals surface area contributed by atoms with Crippen molar-refractivity contribution in [2.75, 3.05) is 5.32 Å². The Hall–Kier alpha value is -2.06. The Balaban J connectivity index is 0.00000139. The molecule has 1 N–H and O–H groups in total. The summed E-state index contributed by atoms with van der Waals surface area (Å²) >= 11 is 0. The van der Waals surface area contributed by atoms with E-state index in [0.717, 1.165) is 30.3 Å². The molecule has 2 aromatic rings. The summed E-state index contributed by atoms with van der Waals surface area (Å²) in [5, 5.41) is 2.12. The first-order valence-electron chi connectivity index (χ1n) is 6.69. The summed E-state index contributed by atoms with van der Waals surface area (Å²) in [5.41, 5.74) is -0.728. The van der Waals surface area contributed by atoms with Crippen LogP contribution in [0.15, 0.2) is 41.3 Å². The van der Waals surface area contributed by atoms with Gasteiger partial charge in [-0.05, 0) is 30.3 Å². The second-order valence-corrected chi connectivity index (χ2v) is 6.73. The van der Waals surface area contributed by atoms with Gasteiger partial charge in [0.05, 0.1) is 10.5 Å². The highest BCUT2D eigenvalue weighted by molar-refractivity contribution is 8.13. The first-order valence-corrected chi connectivity index (χ1v) is 9.00. The lowest BCUT2D eigenvalue weighted by Gasteiger charge is -2.07. The molecular formula is C15H13ClF3NO3S. The van der Waals surface area contributed by atoms with Crippen molar-refractivity contribution >= 4 is 31.3 Å². The van der Waals surface area contributed by atoms with Crippen LogP contribution in [0.1, 0.15) is 24.2 Å². The number of carbonyl (C=O) groups is 1. The molecule has 0 aliphatic heterocycles. The Kier molecular flexibility index (Phi) is 6.80. The number of nitrogens with one attached hydrogen (secondary N) is 1. The third-order valence-corrected chi connectivity index (χ3v) is 3.99. The van der Waals surface area contributed by atoms with E-state index in [9.17, 15) is 26.4 Å². The molecule has 0 aromatic heterocycles. The van der Waals surface area contributed by atoms with Gasteiger partial charge in [-0.15, -0.1) is 0 Å². The summed E-state index contributed by atoms with van der Waals surface area (Å²) in [4.78, 5) is 11.4. The van der Waals surface area contributed by atoms with Crippen molar-refractivity contribution in [2.45, 2.75) is 18.7 Å². The number of hydrogen-bond acceptors (Lipinski definition) is 3. The average molecular weight is 380 g/mol. The molecule has 4 nitrogen and oxygen atoms in total. The maximum absolute atomic E-state index is 13.6. The van der Waals surface area contributed by atoms with Crippen molar-refractivity contribution < 1.29 is 26.4 Å². The van der Waals surface area contributed by atoms with Gasteiger partial charge in [0.2, 0.25) is 0 Å². The molecule has 24 heavy (non-hydrogen) atoms. The fourth-order valence-electron chi connectivity index (χ4n) is 1.60. The van der Waals surface area contributed by atoms with E-state index in [4.69, 9.17) is 10.7 Å². The maximum atomic E-state index is 13.6. The molecule has 0 radical (unpaired) electrons. The van der Waals surface area contributed by atoms with Gasteiger partial charge in [-0.25, -0.2) is 21.6 Å². The van der Waals surface area contributed by atoms with Crippen molar-refractivity contribution in [3.63, 3.8) is 0 Å². The van der Waals surface area contributed by atoms with Crippen LogP contribution in [0.3, 0.4) is 0 Å². The monoisotopic (exact) mass is 379 g/mol. The smallest absolute Gasteiger partial charge is 0.261 e. The third kappa shape index (κ3) is 4.97. The zero-order chi connectivity index (χ0) is 18.5. The highest BCUT2D eigenvalue weighted by atomic mass is 35.7. The van der Waals surface area contributed by atoms with Gasteiger partial charge in [0.25, 0.3) is 15.0 Å². The summed E-state index contributed by atoms with van der Waals surface area (Å²) in [7, 11) is 0.968. The Morgan fingerprint density at radius 1 is 0.958 bits per heavy atom. The van der Waals surface area contributed by atoms with Crippen molar-refractivity contribution in [1.29, 1.82) is 0 Å². The summed E-state index contributed by atoms with van der Waals surface area (Å²) < 4.78 is 61.8. The van der Waals surface area contributed by atoms with Gasteiger partial charge in [0, 0.05) is 22.4 Å². The van der Waals surface area contributed by atoms with E-state index in [-0.39, 0.29) is 5.69 Å². The van der Waals surface area contributed by atoms with Gasteiger partial charge in [-0.2, -0.15) is 0 Å². The molecule has 0 atom stereocenters. The van der Waals surface area contributed by atoms with Crippen molar-refractivity contribution in [1.82, 2.24) is 0 Å². The summed E-state index contributed by atoms with van der Waals surface area (Å²) in [5.74, 6) is -4.34. The minimum absolute atomic E-state index is 0.123. The molecule has 0 unspecified atom stereocenters. The Morgan fingerprint density at radius 3 is 2.08 bits per heavy atom. The first kappa shape index (κ1) is 20.0. The predicted octanol–water partition coefficient (Wildman–Crippen LogP) is 4.31. The lowest BCUT2D eigenvalue weighted by Crippen LogP contribution is -2.14. The molecule has 2 rings (SSSR count). The molecular weight excluding hydrogens is 367 g/mol. The SMILES string of the molecule is CC.O=C(Nc1ccc(F)c(F)c1)c1cc(S(=O)(=O)Cl)ccc1F. The van der Waals surface area contributed by atoms with Crippen molar-refractivity contribution in [3.05, 3.63) is 59.4 Å². The molecule has 0 saturated carbocycles. The lowest BCUT2D eigenvalue weighted by atomic mass is 10.2. The quantitative estimate of drug-likeness (QED) is 0.808. The molecule has 130 valence electrons. The van der Waals surface area contributed by atoms with Gasteiger partial charge in [0.1, 0.15) is 5.82 Å². The van der Waals surface area contributed by atoms with Crippen LogP contribution in [-0.4, -0.2) is 14.3 Å². The highest BCUT2D eigenvalue weighted by Gasteiger charge is 2.18. The molecule has 2 aromatic carbocycles. The molecule has 0 aliphatic rings. The first-order chi connectivity index (χ1) is 11.2. The molecule has 0 spiro atoms. The second-order valence-electron chi connectivity index (χ2n) is 4.16. The summed E-state index contributed by atoms with van der Waals surface area (Å²) in [6.07, 6.45) is 0. The number of rotatable bonds is 3. The molecule has 0 heterocycles. The van der Waals surface area contributed by atoms with E-state index in [1.54, 1.807) is 0 Å². The van der Waals surface area contributed by atoms with E-state index in [1.807, 2.05) is 13.8 Å². The Morgan fingerprint density at radius 2 is 1.54 bits per heavy atom. The molecule has 0 saturated heterocycles. The van der Waals surface area contributed by atoms with E-state index in [1.165, 1.54) is 0 Å². The zero-order valence-electron chi connectivity index (χ0n) is 12.6. The number of benzene rings is 2. The van der Waals surface area contributed by atoms with Gasteiger partial charge in [-0.3, -0.25) is 4.79 Å². The van der Waals surface area contributed by atoms with E-state index in [2.05, 4.69) is 5.32 Å². The van der Waals surface area contributed by atoms with Crippen molar-refractivity contribution in [2.24, 2.45) is 0 Å². The van der Waals surface area contributed by atoms with Crippen LogP contribution >= 0.6 is 10.7 Å². The van der Waals surface area contributed by atoms with E-state index in [0.29, 0.717) is 6.07 Å². The fourth-order valence-corrected chi connectivity index (χ4v) is 2.38. The minimum Gasteiger partial charge on any atom is -0.322 e. The molecule has 1 amide bonds. The largest absolute Gasteiger partial charge is 0.322 e. The van der Waals surface area contributed by atoms with Crippen LogP contribution in [0.25, 0.3) is 0 Å². The normalized spacial score (nSPS) is 10.6. The van der Waals surface area contributed by atoms with Crippen LogP contribution < -0.4 is 5.32 Å². The number of hydrogen-bond donors (Lipinski definition) is 1. The van der Waals surface area contributed by atoms with Crippen LogP contribution in [0.5, 0.6) is 0 Å². The second kappa shape index (κ2) is 8.16. The number of carbonyl (C=O) groups excluding carboxylic acids is 1.